The number of carbonyl (C=O) groups is 2. The lowest BCUT2D eigenvalue weighted by molar-refractivity contribution is -0.674. The van der Waals surface area contributed by atoms with E-state index in [0.717, 1.165) is 18.5 Å². The number of rotatable bonds is 6. The van der Waals surface area contributed by atoms with Gasteiger partial charge in [-0.2, -0.15) is 0 Å². The van der Waals surface area contributed by atoms with Gasteiger partial charge in [0.1, 0.15) is 0 Å². The zero-order valence-corrected chi connectivity index (χ0v) is 13.0. The Labute approximate surface area is 136 Å². The van der Waals surface area contributed by atoms with Crippen LogP contribution in [0.4, 0.5) is 0 Å². The summed E-state index contributed by atoms with van der Waals surface area (Å²) in [6.45, 7) is 1.19. The maximum absolute atomic E-state index is 12.4. The molecule has 0 unspecified atom stereocenters. The summed E-state index contributed by atoms with van der Waals surface area (Å²) in [5, 5.41) is 2.00. The van der Waals surface area contributed by atoms with Crippen LogP contribution >= 0.6 is 0 Å². The summed E-state index contributed by atoms with van der Waals surface area (Å²) < 4.78 is 0. The van der Waals surface area contributed by atoms with Crippen LogP contribution in [0.15, 0.2) is 60.7 Å². The van der Waals surface area contributed by atoms with Gasteiger partial charge in [0.15, 0.2) is 6.04 Å². The average Bonchev–Trinajstić information content (AvgIpc) is 2.85. The van der Waals surface area contributed by atoms with E-state index in [9.17, 15) is 9.59 Å². The molecule has 0 aromatic heterocycles. The van der Waals surface area contributed by atoms with E-state index in [4.69, 9.17) is 0 Å². The van der Waals surface area contributed by atoms with Crippen LogP contribution in [-0.4, -0.2) is 29.3 Å². The van der Waals surface area contributed by atoms with E-state index < -0.39 is 0 Å². The Morgan fingerprint density at radius 1 is 0.913 bits per heavy atom. The van der Waals surface area contributed by atoms with Crippen molar-refractivity contribution in [2.24, 2.45) is 0 Å². The largest absolute Gasteiger partial charge is 0.335 e. The topological polar surface area (TPSA) is 54.0 Å². The van der Waals surface area contributed by atoms with Crippen molar-refractivity contribution in [3.8, 4) is 0 Å². The Bertz CT molecular complexity index is 670. The van der Waals surface area contributed by atoms with Crippen molar-refractivity contribution in [3.63, 3.8) is 0 Å². The van der Waals surface area contributed by atoms with Crippen molar-refractivity contribution in [2.75, 3.05) is 6.54 Å². The molecule has 1 fully saturated rings. The highest BCUT2D eigenvalue weighted by Crippen LogP contribution is 2.14. The van der Waals surface area contributed by atoms with Gasteiger partial charge in [-0.3, -0.25) is 14.5 Å². The Balaban J connectivity index is 1.54. The lowest BCUT2D eigenvalue weighted by Gasteiger charge is -2.14. The summed E-state index contributed by atoms with van der Waals surface area (Å²) in [6, 6.07) is 19.6. The fourth-order valence-electron chi connectivity index (χ4n) is 2.92. The molecule has 1 saturated heterocycles. The molecule has 0 bridgehead atoms. The molecule has 2 aromatic rings. The molecule has 1 aliphatic heterocycles. The van der Waals surface area contributed by atoms with Crippen molar-refractivity contribution >= 4 is 11.8 Å². The number of imide groups is 1. The second-order valence-electron chi connectivity index (χ2n) is 5.87. The van der Waals surface area contributed by atoms with E-state index in [2.05, 4.69) is 12.1 Å². The minimum Gasteiger partial charge on any atom is -0.335 e. The number of hydrogen-bond acceptors (Lipinski definition) is 2. The van der Waals surface area contributed by atoms with Gasteiger partial charge < -0.3 is 5.32 Å². The van der Waals surface area contributed by atoms with Gasteiger partial charge in [-0.1, -0.05) is 60.7 Å². The number of nitrogens with zero attached hydrogens (tertiary/aromatic N) is 1. The minimum absolute atomic E-state index is 0.0630. The van der Waals surface area contributed by atoms with Crippen LogP contribution in [-0.2, 0) is 22.6 Å². The Hall–Kier alpha value is -2.46. The van der Waals surface area contributed by atoms with Crippen molar-refractivity contribution in [1.29, 1.82) is 0 Å². The van der Waals surface area contributed by atoms with E-state index in [0.29, 0.717) is 13.0 Å². The molecule has 3 rings (SSSR count). The second-order valence-corrected chi connectivity index (χ2v) is 5.87. The van der Waals surface area contributed by atoms with Gasteiger partial charge in [-0.15, -0.1) is 0 Å². The highest BCUT2D eigenvalue weighted by Gasteiger charge is 2.40. The fraction of sp³-hybridized carbons (Fsp3) is 0.263. The fourth-order valence-corrected chi connectivity index (χ4v) is 2.92. The summed E-state index contributed by atoms with van der Waals surface area (Å²) >= 11 is 0. The van der Waals surface area contributed by atoms with E-state index in [1.54, 1.807) is 0 Å². The van der Waals surface area contributed by atoms with Gasteiger partial charge in [0.2, 0.25) is 5.91 Å². The van der Waals surface area contributed by atoms with Crippen LogP contribution < -0.4 is 5.32 Å². The van der Waals surface area contributed by atoms with E-state index in [1.165, 1.54) is 10.5 Å². The molecule has 2 N–H and O–H groups in total. The first-order valence-corrected chi connectivity index (χ1v) is 7.99. The van der Waals surface area contributed by atoms with Crippen LogP contribution in [0.1, 0.15) is 17.5 Å². The zero-order chi connectivity index (χ0) is 16.1. The molecule has 0 spiro atoms. The summed E-state index contributed by atoms with van der Waals surface area (Å²) in [4.78, 5) is 25.9. The van der Waals surface area contributed by atoms with Crippen LogP contribution in [0.2, 0.25) is 0 Å². The van der Waals surface area contributed by atoms with Gasteiger partial charge in [-0.25, -0.2) is 0 Å². The van der Waals surface area contributed by atoms with Gasteiger partial charge in [0, 0.05) is 6.42 Å². The van der Waals surface area contributed by atoms with Crippen molar-refractivity contribution < 1.29 is 14.9 Å². The minimum atomic E-state index is -0.269. The monoisotopic (exact) mass is 309 g/mol. The third-order valence-corrected chi connectivity index (χ3v) is 4.19. The molecule has 2 aromatic carbocycles. The molecule has 1 heterocycles. The predicted molar refractivity (Wildman–Crippen MR) is 87.3 cm³/mol. The van der Waals surface area contributed by atoms with Gasteiger partial charge in [0.25, 0.3) is 5.91 Å². The molecule has 1 atom stereocenters. The third kappa shape index (κ3) is 3.85. The third-order valence-electron chi connectivity index (χ3n) is 4.19. The van der Waals surface area contributed by atoms with Gasteiger partial charge >= 0.3 is 0 Å². The van der Waals surface area contributed by atoms with Gasteiger partial charge in [-0.05, 0) is 11.1 Å². The van der Waals surface area contributed by atoms with Crippen molar-refractivity contribution in [3.05, 3.63) is 71.8 Å². The number of nitrogens with two attached hydrogens (primary N) is 1. The molecular weight excluding hydrogens is 288 g/mol. The first-order valence-electron chi connectivity index (χ1n) is 7.99. The van der Waals surface area contributed by atoms with E-state index in [1.807, 2.05) is 53.8 Å². The summed E-state index contributed by atoms with van der Waals surface area (Å²) in [7, 11) is 0. The second kappa shape index (κ2) is 7.20. The van der Waals surface area contributed by atoms with Crippen molar-refractivity contribution in [1.82, 2.24) is 4.90 Å². The molecule has 0 radical (unpaired) electrons. The Morgan fingerprint density at radius 3 is 2.17 bits per heavy atom. The summed E-state index contributed by atoms with van der Waals surface area (Å²) in [5.74, 6) is -0.133. The van der Waals surface area contributed by atoms with Crippen molar-refractivity contribution in [2.45, 2.75) is 25.4 Å². The highest BCUT2D eigenvalue weighted by molar-refractivity contribution is 6.04. The molecular formula is C19H21N2O2+. The molecule has 23 heavy (non-hydrogen) atoms. The van der Waals surface area contributed by atoms with Gasteiger partial charge in [0.05, 0.1) is 19.5 Å². The standard InChI is InChI=1S/C19H20N2O2/c22-18-13-17(20-12-11-15-7-3-1-4-8-15)19(23)21(18)14-16-9-5-2-6-10-16/h1-10,17,20H,11-14H2/p+1/t17-/m1/s1. The molecule has 4 nitrogen and oxygen atoms in total. The quantitative estimate of drug-likeness (QED) is 0.813. The summed E-state index contributed by atoms with van der Waals surface area (Å²) in [6.07, 6.45) is 1.21. The SMILES string of the molecule is O=C1C[C@@H]([NH2+]CCc2ccccc2)C(=O)N1Cc1ccccc1. The number of quaternary nitrogens is 1. The smallest absolute Gasteiger partial charge is 0.288 e. The van der Waals surface area contributed by atoms with E-state index in [-0.39, 0.29) is 17.9 Å². The Morgan fingerprint density at radius 2 is 1.52 bits per heavy atom. The lowest BCUT2D eigenvalue weighted by Crippen LogP contribution is -2.91. The molecule has 1 aliphatic rings. The number of hydrogen-bond donors (Lipinski definition) is 1. The Kier molecular flexibility index (Phi) is 4.83. The highest BCUT2D eigenvalue weighted by atomic mass is 16.2. The molecule has 118 valence electrons. The van der Waals surface area contributed by atoms with Crippen LogP contribution in [0.5, 0.6) is 0 Å². The summed E-state index contributed by atoms with van der Waals surface area (Å²) in [5.41, 5.74) is 2.24. The first-order chi connectivity index (χ1) is 11.2. The molecule has 4 heteroatoms. The molecule has 0 aliphatic carbocycles. The number of carbonyl (C=O) groups excluding carboxylic acids is 2. The zero-order valence-electron chi connectivity index (χ0n) is 13.0. The number of likely N-dealkylation sites (tertiary alicyclic amines) is 1. The van der Waals surface area contributed by atoms with Crippen LogP contribution in [0, 0.1) is 0 Å². The normalized spacial score (nSPS) is 17.7. The first kappa shape index (κ1) is 15.4. The van der Waals surface area contributed by atoms with E-state index >= 15 is 0 Å². The van der Waals surface area contributed by atoms with Crippen LogP contribution in [0.3, 0.4) is 0 Å². The molecule has 2 amide bonds. The maximum atomic E-state index is 12.4. The lowest BCUT2D eigenvalue weighted by atomic mass is 10.1. The number of amides is 2. The maximum Gasteiger partial charge on any atom is 0.288 e. The predicted octanol–water partition coefficient (Wildman–Crippen LogP) is 1.12. The van der Waals surface area contributed by atoms with Crippen LogP contribution in [0.25, 0.3) is 0 Å². The molecule has 0 saturated carbocycles. The number of benzene rings is 2. The average molecular weight is 309 g/mol.